The van der Waals surface area contributed by atoms with E-state index in [1.165, 1.54) is 11.3 Å². The van der Waals surface area contributed by atoms with Gasteiger partial charge in [-0.05, 0) is 24.6 Å². The van der Waals surface area contributed by atoms with Gasteiger partial charge < -0.3 is 0 Å². The maximum Gasteiger partial charge on any atom is 0.259 e. The van der Waals surface area contributed by atoms with Gasteiger partial charge in [-0.25, -0.2) is 4.98 Å². The molecule has 1 aromatic carbocycles. The summed E-state index contributed by atoms with van der Waals surface area (Å²) in [6, 6.07) is 5.90. The summed E-state index contributed by atoms with van der Waals surface area (Å²) in [6.45, 7) is 2.00. The summed E-state index contributed by atoms with van der Waals surface area (Å²) in [7, 11) is 0. The summed E-state index contributed by atoms with van der Waals surface area (Å²) in [5, 5.41) is 3.07. The maximum atomic E-state index is 11.2. The van der Waals surface area contributed by atoms with E-state index >= 15 is 0 Å². The van der Waals surface area contributed by atoms with Crippen LogP contribution in [0.15, 0.2) is 18.2 Å². The summed E-state index contributed by atoms with van der Waals surface area (Å²) in [5.41, 5.74) is 2.01. The Morgan fingerprint density at radius 3 is 2.94 bits per heavy atom. The first-order valence-corrected chi connectivity index (χ1v) is 6.21. The number of carbonyl (C=O) groups is 1. The van der Waals surface area contributed by atoms with E-state index in [9.17, 15) is 4.79 Å². The largest absolute Gasteiger partial charge is 0.300 e. The van der Waals surface area contributed by atoms with Crippen molar-refractivity contribution in [1.82, 2.24) is 4.98 Å². The Morgan fingerprint density at radius 1 is 1.50 bits per heavy atom. The van der Waals surface area contributed by atoms with Gasteiger partial charge >= 0.3 is 0 Å². The fraction of sp³-hybridized carbons (Fsp3) is 0.200. The summed E-state index contributed by atoms with van der Waals surface area (Å²) < 4.78 is 1.02. The molecule has 1 amide bonds. The molecule has 0 aliphatic carbocycles. The van der Waals surface area contributed by atoms with Gasteiger partial charge in [-0.15, -0.1) is 0 Å². The van der Waals surface area contributed by atoms with Crippen molar-refractivity contribution in [1.29, 1.82) is 0 Å². The molecule has 84 valence electrons. The predicted octanol–water partition coefficient (Wildman–Crippen LogP) is 3.35. The van der Waals surface area contributed by atoms with E-state index in [2.05, 4.69) is 10.3 Å². The van der Waals surface area contributed by atoms with Gasteiger partial charge in [0.05, 0.1) is 10.2 Å². The van der Waals surface area contributed by atoms with Crippen molar-refractivity contribution in [3.05, 3.63) is 23.8 Å². The molecule has 1 N–H and O–H groups in total. The monoisotopic (exact) mass is 274 g/mol. The summed E-state index contributed by atoms with van der Waals surface area (Å²) in [6.07, 6.45) is 0. The number of benzene rings is 1. The number of amides is 1. The third kappa shape index (κ3) is 2.45. The Balaban J connectivity index is 2.29. The van der Waals surface area contributed by atoms with Crippen LogP contribution in [0, 0.1) is 6.92 Å². The first kappa shape index (κ1) is 11.6. The second kappa shape index (κ2) is 4.57. The molecule has 1 aromatic heterocycles. The second-order valence-electron chi connectivity index (χ2n) is 3.28. The molecule has 0 aliphatic heterocycles. The SMILES string of the molecule is Cc1ccc2nc(NC(=O)C(Cl)Cl)sc2c1. The number of rotatable bonds is 2. The Kier molecular flexibility index (Phi) is 3.33. The van der Waals surface area contributed by atoms with Crippen LogP contribution >= 0.6 is 34.5 Å². The molecule has 0 saturated carbocycles. The average molecular weight is 275 g/mol. The van der Waals surface area contributed by atoms with E-state index < -0.39 is 10.7 Å². The fourth-order valence-electron chi connectivity index (χ4n) is 1.25. The van der Waals surface area contributed by atoms with Crippen LogP contribution in [0.1, 0.15) is 5.56 Å². The molecule has 0 saturated heterocycles. The van der Waals surface area contributed by atoms with Crippen LogP contribution in [0.25, 0.3) is 10.2 Å². The number of fused-ring (bicyclic) bond motifs is 1. The minimum Gasteiger partial charge on any atom is -0.300 e. The molecule has 0 atom stereocenters. The van der Waals surface area contributed by atoms with Crippen LogP contribution in [-0.2, 0) is 4.79 Å². The van der Waals surface area contributed by atoms with E-state index in [1.54, 1.807) is 0 Å². The van der Waals surface area contributed by atoms with E-state index in [4.69, 9.17) is 23.2 Å². The normalized spacial score (nSPS) is 11.0. The zero-order chi connectivity index (χ0) is 11.7. The van der Waals surface area contributed by atoms with Gasteiger partial charge in [-0.3, -0.25) is 10.1 Å². The molecule has 1 heterocycles. The highest BCUT2D eigenvalue weighted by atomic mass is 35.5. The predicted molar refractivity (Wildman–Crippen MR) is 68.5 cm³/mol. The molecule has 16 heavy (non-hydrogen) atoms. The van der Waals surface area contributed by atoms with E-state index in [1.807, 2.05) is 25.1 Å². The van der Waals surface area contributed by atoms with Gasteiger partial charge in [0.1, 0.15) is 0 Å². The van der Waals surface area contributed by atoms with Crippen molar-refractivity contribution in [3.63, 3.8) is 0 Å². The lowest BCUT2D eigenvalue weighted by Crippen LogP contribution is -2.18. The molecule has 6 heteroatoms. The Labute approximate surface area is 106 Å². The Bertz CT molecular complexity index is 539. The van der Waals surface area contributed by atoms with Crippen molar-refractivity contribution < 1.29 is 4.79 Å². The molecule has 2 rings (SSSR count). The van der Waals surface area contributed by atoms with Crippen molar-refractivity contribution in [2.75, 3.05) is 5.32 Å². The lowest BCUT2D eigenvalue weighted by atomic mass is 10.2. The first-order valence-electron chi connectivity index (χ1n) is 4.52. The number of hydrogen-bond acceptors (Lipinski definition) is 3. The van der Waals surface area contributed by atoms with Crippen LogP contribution < -0.4 is 5.32 Å². The number of carbonyl (C=O) groups excluding carboxylic acids is 1. The third-order valence-corrected chi connectivity index (χ3v) is 3.30. The quantitative estimate of drug-likeness (QED) is 0.854. The summed E-state index contributed by atoms with van der Waals surface area (Å²) in [4.78, 5) is 14.4. The third-order valence-electron chi connectivity index (χ3n) is 1.97. The molecular formula is C10H8Cl2N2OS. The number of aromatic nitrogens is 1. The second-order valence-corrected chi connectivity index (χ2v) is 5.41. The molecule has 0 spiro atoms. The minimum absolute atomic E-state index is 0.459. The van der Waals surface area contributed by atoms with E-state index in [0.29, 0.717) is 5.13 Å². The number of alkyl halides is 2. The number of nitrogens with zero attached hydrogens (tertiary/aromatic N) is 1. The summed E-state index contributed by atoms with van der Waals surface area (Å²) >= 11 is 12.3. The molecule has 3 nitrogen and oxygen atoms in total. The van der Waals surface area contributed by atoms with Crippen LogP contribution in [0.2, 0.25) is 0 Å². The van der Waals surface area contributed by atoms with Gasteiger partial charge in [0, 0.05) is 0 Å². The van der Waals surface area contributed by atoms with Gasteiger partial charge in [-0.2, -0.15) is 0 Å². The first-order chi connectivity index (χ1) is 7.56. The van der Waals surface area contributed by atoms with Crippen LogP contribution in [0.3, 0.4) is 0 Å². The highest BCUT2D eigenvalue weighted by Crippen LogP contribution is 2.26. The Hall–Kier alpha value is -0.840. The molecule has 2 aromatic rings. The lowest BCUT2D eigenvalue weighted by molar-refractivity contribution is -0.114. The molecule has 0 aliphatic rings. The molecular weight excluding hydrogens is 267 g/mol. The lowest BCUT2D eigenvalue weighted by Gasteiger charge is -1.99. The molecule has 0 unspecified atom stereocenters. The van der Waals surface area contributed by atoms with Gasteiger partial charge in [0.25, 0.3) is 5.91 Å². The number of anilines is 1. The number of hydrogen-bond donors (Lipinski definition) is 1. The summed E-state index contributed by atoms with van der Waals surface area (Å²) in [5.74, 6) is -0.459. The molecule has 0 fully saturated rings. The molecule has 0 bridgehead atoms. The minimum atomic E-state index is -1.08. The number of aryl methyl sites for hydroxylation is 1. The van der Waals surface area contributed by atoms with Crippen molar-refractivity contribution >= 4 is 55.8 Å². The standard InChI is InChI=1S/C10H8Cl2N2OS/c1-5-2-3-6-7(4-5)16-10(13-6)14-9(15)8(11)12/h2-4,8H,1H3,(H,13,14,15). The fourth-order valence-corrected chi connectivity index (χ4v) is 2.32. The van der Waals surface area contributed by atoms with Crippen molar-refractivity contribution in [2.24, 2.45) is 0 Å². The van der Waals surface area contributed by atoms with Crippen LogP contribution in [0.4, 0.5) is 5.13 Å². The van der Waals surface area contributed by atoms with Crippen molar-refractivity contribution in [2.45, 2.75) is 11.8 Å². The highest BCUT2D eigenvalue weighted by Gasteiger charge is 2.13. The Morgan fingerprint density at radius 2 is 2.25 bits per heavy atom. The van der Waals surface area contributed by atoms with Gasteiger partial charge in [-0.1, -0.05) is 40.6 Å². The van der Waals surface area contributed by atoms with Crippen LogP contribution in [-0.4, -0.2) is 15.7 Å². The number of halogens is 2. The van der Waals surface area contributed by atoms with E-state index in [-0.39, 0.29) is 0 Å². The highest BCUT2D eigenvalue weighted by molar-refractivity contribution is 7.22. The van der Waals surface area contributed by atoms with Crippen LogP contribution in [0.5, 0.6) is 0 Å². The van der Waals surface area contributed by atoms with Gasteiger partial charge in [0.15, 0.2) is 9.97 Å². The maximum absolute atomic E-state index is 11.2. The topological polar surface area (TPSA) is 42.0 Å². The smallest absolute Gasteiger partial charge is 0.259 e. The number of thiazole rings is 1. The van der Waals surface area contributed by atoms with E-state index in [0.717, 1.165) is 15.8 Å². The van der Waals surface area contributed by atoms with Gasteiger partial charge in [0.2, 0.25) is 0 Å². The zero-order valence-corrected chi connectivity index (χ0v) is 10.7. The zero-order valence-electron chi connectivity index (χ0n) is 8.33. The van der Waals surface area contributed by atoms with Crippen molar-refractivity contribution in [3.8, 4) is 0 Å². The molecule has 0 radical (unpaired) electrons. The average Bonchev–Trinajstić information content (AvgIpc) is 2.58. The number of nitrogens with one attached hydrogen (secondary N) is 1.